The van der Waals surface area contributed by atoms with Gasteiger partial charge in [0.1, 0.15) is 6.10 Å². The summed E-state index contributed by atoms with van der Waals surface area (Å²) in [6, 6.07) is 3.80. The van der Waals surface area contributed by atoms with Gasteiger partial charge in [0.2, 0.25) is 0 Å². The summed E-state index contributed by atoms with van der Waals surface area (Å²) < 4.78 is 4.11. The SMILES string of the molecule is Cc1sccc1C(O)c1ccsn1. The van der Waals surface area contributed by atoms with Crippen molar-refractivity contribution >= 4 is 22.9 Å². The third kappa shape index (κ3) is 1.65. The van der Waals surface area contributed by atoms with Gasteiger partial charge < -0.3 is 5.11 Å². The summed E-state index contributed by atoms with van der Waals surface area (Å²) in [6.07, 6.45) is -0.558. The van der Waals surface area contributed by atoms with E-state index in [0.717, 1.165) is 16.1 Å². The zero-order valence-corrected chi connectivity index (χ0v) is 8.73. The molecule has 1 unspecified atom stereocenters. The topological polar surface area (TPSA) is 33.1 Å². The molecule has 2 heterocycles. The maximum atomic E-state index is 9.90. The first-order valence-electron chi connectivity index (χ1n) is 3.91. The smallest absolute Gasteiger partial charge is 0.123 e. The van der Waals surface area contributed by atoms with E-state index in [4.69, 9.17) is 0 Å². The second-order valence-corrected chi connectivity index (χ2v) is 4.54. The Morgan fingerprint density at radius 1 is 1.38 bits per heavy atom. The minimum absolute atomic E-state index is 0.558. The molecule has 2 nitrogen and oxygen atoms in total. The fraction of sp³-hybridized carbons (Fsp3) is 0.222. The molecule has 0 amide bonds. The zero-order valence-electron chi connectivity index (χ0n) is 7.10. The highest BCUT2D eigenvalue weighted by Gasteiger charge is 2.14. The quantitative estimate of drug-likeness (QED) is 0.828. The van der Waals surface area contributed by atoms with E-state index in [1.54, 1.807) is 11.3 Å². The van der Waals surface area contributed by atoms with Crippen molar-refractivity contribution in [3.05, 3.63) is 39.0 Å². The van der Waals surface area contributed by atoms with Crippen LogP contribution >= 0.6 is 22.9 Å². The van der Waals surface area contributed by atoms with Crippen LogP contribution in [0, 0.1) is 6.92 Å². The first-order valence-corrected chi connectivity index (χ1v) is 5.63. The molecule has 13 heavy (non-hydrogen) atoms. The average molecular weight is 211 g/mol. The van der Waals surface area contributed by atoms with Gasteiger partial charge in [-0.1, -0.05) is 0 Å². The van der Waals surface area contributed by atoms with Gasteiger partial charge in [0.15, 0.2) is 0 Å². The Balaban J connectivity index is 2.33. The number of nitrogens with zero attached hydrogens (tertiary/aromatic N) is 1. The Morgan fingerprint density at radius 2 is 2.23 bits per heavy atom. The van der Waals surface area contributed by atoms with Gasteiger partial charge in [-0.2, -0.15) is 4.37 Å². The maximum Gasteiger partial charge on any atom is 0.123 e. The Labute approximate surface area is 84.7 Å². The molecule has 0 saturated carbocycles. The van der Waals surface area contributed by atoms with Crippen molar-refractivity contribution in [3.8, 4) is 0 Å². The predicted molar refractivity (Wildman–Crippen MR) is 55.2 cm³/mol. The van der Waals surface area contributed by atoms with Crippen LogP contribution in [-0.4, -0.2) is 9.48 Å². The third-order valence-corrected chi connectivity index (χ3v) is 3.37. The molecular formula is C9H9NOS2. The first-order chi connectivity index (χ1) is 6.29. The van der Waals surface area contributed by atoms with Gasteiger partial charge in [0.05, 0.1) is 5.69 Å². The summed E-state index contributed by atoms with van der Waals surface area (Å²) in [5, 5.41) is 13.8. The van der Waals surface area contributed by atoms with Crippen molar-refractivity contribution in [2.75, 3.05) is 0 Å². The lowest BCUT2D eigenvalue weighted by Gasteiger charge is -2.06. The summed E-state index contributed by atoms with van der Waals surface area (Å²) >= 11 is 3.01. The first kappa shape index (κ1) is 8.87. The Hall–Kier alpha value is -0.710. The Kier molecular flexibility index (Phi) is 2.44. The number of aromatic nitrogens is 1. The Bertz CT molecular complexity index is 380. The van der Waals surface area contributed by atoms with Crippen LogP contribution in [0.2, 0.25) is 0 Å². The normalized spacial score (nSPS) is 13.1. The summed E-state index contributed by atoms with van der Waals surface area (Å²) in [5.41, 5.74) is 1.71. The van der Waals surface area contributed by atoms with Crippen molar-refractivity contribution in [2.24, 2.45) is 0 Å². The summed E-state index contributed by atoms with van der Waals surface area (Å²) in [5.74, 6) is 0. The van der Waals surface area contributed by atoms with Gasteiger partial charge in [0.25, 0.3) is 0 Å². The average Bonchev–Trinajstić information content (AvgIpc) is 2.72. The third-order valence-electron chi connectivity index (χ3n) is 1.93. The predicted octanol–water partition coefficient (Wildman–Crippen LogP) is 2.59. The number of aryl methyl sites for hydroxylation is 1. The van der Waals surface area contributed by atoms with Crippen LogP contribution in [-0.2, 0) is 0 Å². The van der Waals surface area contributed by atoms with Crippen LogP contribution in [0.15, 0.2) is 22.9 Å². The Morgan fingerprint density at radius 3 is 2.77 bits per heavy atom. The van der Waals surface area contributed by atoms with E-state index < -0.39 is 6.10 Å². The van der Waals surface area contributed by atoms with Crippen LogP contribution < -0.4 is 0 Å². The molecular weight excluding hydrogens is 202 g/mol. The molecule has 0 bridgehead atoms. The number of thiophene rings is 1. The van der Waals surface area contributed by atoms with Gasteiger partial charge in [-0.3, -0.25) is 0 Å². The molecule has 0 aliphatic carbocycles. The second-order valence-electron chi connectivity index (χ2n) is 2.76. The second kappa shape index (κ2) is 3.57. The highest BCUT2D eigenvalue weighted by Crippen LogP contribution is 2.27. The minimum atomic E-state index is -0.558. The number of rotatable bonds is 2. The maximum absolute atomic E-state index is 9.90. The van der Waals surface area contributed by atoms with Gasteiger partial charge in [-0.05, 0) is 36.0 Å². The fourth-order valence-corrected chi connectivity index (χ4v) is 2.48. The van der Waals surface area contributed by atoms with Crippen molar-refractivity contribution in [2.45, 2.75) is 13.0 Å². The molecule has 2 aromatic heterocycles. The molecule has 2 rings (SSSR count). The van der Waals surface area contributed by atoms with Crippen molar-refractivity contribution < 1.29 is 5.11 Å². The van der Waals surface area contributed by atoms with E-state index in [1.165, 1.54) is 11.5 Å². The number of aliphatic hydroxyl groups is 1. The molecule has 68 valence electrons. The molecule has 0 fully saturated rings. The van der Waals surface area contributed by atoms with Crippen LogP contribution in [0.3, 0.4) is 0 Å². The molecule has 0 spiro atoms. The fourth-order valence-electron chi connectivity index (χ4n) is 1.20. The van der Waals surface area contributed by atoms with Crippen LogP contribution in [0.4, 0.5) is 0 Å². The molecule has 1 N–H and O–H groups in total. The summed E-state index contributed by atoms with van der Waals surface area (Å²) in [7, 11) is 0. The van der Waals surface area contributed by atoms with Gasteiger partial charge in [-0.25, -0.2) is 0 Å². The number of hydrogen-bond donors (Lipinski definition) is 1. The van der Waals surface area contributed by atoms with E-state index in [9.17, 15) is 5.11 Å². The van der Waals surface area contributed by atoms with Gasteiger partial charge in [-0.15, -0.1) is 11.3 Å². The lowest BCUT2D eigenvalue weighted by Crippen LogP contribution is -1.99. The van der Waals surface area contributed by atoms with Crippen molar-refractivity contribution in [3.63, 3.8) is 0 Å². The van der Waals surface area contributed by atoms with E-state index >= 15 is 0 Å². The van der Waals surface area contributed by atoms with Crippen LogP contribution in [0.25, 0.3) is 0 Å². The number of hydrogen-bond acceptors (Lipinski definition) is 4. The zero-order chi connectivity index (χ0) is 9.26. The molecule has 0 saturated heterocycles. The van der Waals surface area contributed by atoms with Gasteiger partial charge in [0, 0.05) is 15.8 Å². The van der Waals surface area contributed by atoms with Crippen LogP contribution in [0.5, 0.6) is 0 Å². The minimum Gasteiger partial charge on any atom is -0.382 e. The molecule has 0 aliphatic rings. The highest BCUT2D eigenvalue weighted by atomic mass is 32.1. The van der Waals surface area contributed by atoms with Gasteiger partial charge >= 0.3 is 0 Å². The van der Waals surface area contributed by atoms with Crippen LogP contribution in [0.1, 0.15) is 22.2 Å². The molecule has 0 aromatic carbocycles. The van der Waals surface area contributed by atoms with E-state index in [1.807, 2.05) is 29.8 Å². The summed E-state index contributed by atoms with van der Waals surface area (Å²) in [6.45, 7) is 2.01. The lowest BCUT2D eigenvalue weighted by atomic mass is 10.1. The largest absolute Gasteiger partial charge is 0.382 e. The molecule has 4 heteroatoms. The van der Waals surface area contributed by atoms with E-state index in [-0.39, 0.29) is 0 Å². The highest BCUT2D eigenvalue weighted by molar-refractivity contribution is 7.10. The molecule has 0 aliphatic heterocycles. The molecule has 1 atom stereocenters. The van der Waals surface area contributed by atoms with Crippen molar-refractivity contribution in [1.82, 2.24) is 4.37 Å². The lowest BCUT2D eigenvalue weighted by molar-refractivity contribution is 0.216. The van der Waals surface area contributed by atoms with E-state index in [2.05, 4.69) is 4.37 Å². The molecule has 0 radical (unpaired) electrons. The summed E-state index contributed by atoms with van der Waals surface area (Å²) in [4.78, 5) is 1.15. The van der Waals surface area contributed by atoms with E-state index in [0.29, 0.717) is 0 Å². The number of aliphatic hydroxyl groups excluding tert-OH is 1. The van der Waals surface area contributed by atoms with Crippen molar-refractivity contribution in [1.29, 1.82) is 0 Å². The molecule has 2 aromatic rings. The standard InChI is InChI=1S/C9H9NOS2/c1-6-7(2-4-12-6)9(11)8-3-5-13-10-8/h2-5,9,11H,1H3. The monoisotopic (exact) mass is 211 g/mol.